The highest BCUT2D eigenvalue weighted by Gasteiger charge is 2.20. The summed E-state index contributed by atoms with van der Waals surface area (Å²) in [7, 11) is 0. The number of anilines is 1. The molecule has 0 bridgehead atoms. The maximum atomic E-state index is 6.43. The van der Waals surface area contributed by atoms with Crippen LogP contribution in [0.2, 0.25) is 5.02 Å². The quantitative estimate of drug-likeness (QED) is 0.396. The predicted molar refractivity (Wildman–Crippen MR) is 132 cm³/mol. The van der Waals surface area contributed by atoms with Crippen LogP contribution in [-0.2, 0) is 0 Å². The molecule has 1 N–H and O–H groups in total. The standard InChI is InChI=1S/C22H27BrClN5S/c1-30-12-4-9-28-10-7-16(8-11-28)14-25-21-13-20(17-5-2-3-6-19(17)24)27-22-18(23)15-26-29(21)22/h2-3,5-6,13,15-16,25H,4,7-12,14H2,1H3. The van der Waals surface area contributed by atoms with E-state index in [-0.39, 0.29) is 0 Å². The van der Waals surface area contributed by atoms with E-state index in [9.17, 15) is 0 Å². The van der Waals surface area contributed by atoms with E-state index in [1.807, 2.05) is 46.6 Å². The van der Waals surface area contributed by atoms with E-state index in [2.05, 4.69) is 37.5 Å². The second kappa shape index (κ2) is 10.4. The SMILES string of the molecule is CSCCCN1CCC(CNc2cc(-c3ccccc3Cl)nc3c(Br)cnn23)CC1. The van der Waals surface area contributed by atoms with Gasteiger partial charge in [0, 0.05) is 23.2 Å². The molecule has 5 nitrogen and oxygen atoms in total. The molecule has 0 spiro atoms. The first kappa shape index (κ1) is 21.9. The number of aromatic nitrogens is 3. The van der Waals surface area contributed by atoms with E-state index >= 15 is 0 Å². The third-order valence-corrected chi connectivity index (χ3v) is 7.27. The fourth-order valence-electron chi connectivity index (χ4n) is 3.96. The van der Waals surface area contributed by atoms with Gasteiger partial charge in [-0.05, 0) is 78.8 Å². The molecule has 3 heterocycles. The summed E-state index contributed by atoms with van der Waals surface area (Å²) in [6, 6.07) is 9.87. The van der Waals surface area contributed by atoms with Crippen LogP contribution >= 0.6 is 39.3 Å². The Morgan fingerprint density at radius 1 is 1.27 bits per heavy atom. The van der Waals surface area contributed by atoms with Crippen molar-refractivity contribution in [3.63, 3.8) is 0 Å². The first-order chi connectivity index (χ1) is 14.7. The minimum Gasteiger partial charge on any atom is -0.370 e. The molecule has 0 aliphatic carbocycles. The zero-order valence-corrected chi connectivity index (χ0v) is 20.3. The molecule has 0 radical (unpaired) electrons. The second-order valence-electron chi connectivity index (χ2n) is 7.75. The van der Waals surface area contributed by atoms with Crippen LogP contribution in [-0.4, -0.2) is 57.7 Å². The number of rotatable bonds is 8. The van der Waals surface area contributed by atoms with Crippen molar-refractivity contribution in [3.8, 4) is 11.3 Å². The van der Waals surface area contributed by atoms with E-state index in [1.54, 1.807) is 6.20 Å². The van der Waals surface area contributed by atoms with Gasteiger partial charge >= 0.3 is 0 Å². The Hall–Kier alpha value is -1.28. The van der Waals surface area contributed by atoms with Gasteiger partial charge in [0.15, 0.2) is 5.65 Å². The number of nitrogens with zero attached hydrogens (tertiary/aromatic N) is 4. The summed E-state index contributed by atoms with van der Waals surface area (Å²) in [4.78, 5) is 7.40. The summed E-state index contributed by atoms with van der Waals surface area (Å²) in [6.45, 7) is 4.57. The van der Waals surface area contributed by atoms with Gasteiger partial charge in [-0.15, -0.1) is 0 Å². The number of benzene rings is 1. The normalized spacial score (nSPS) is 15.7. The average Bonchev–Trinajstić information content (AvgIpc) is 3.14. The molecule has 0 saturated carbocycles. The molecular weight excluding hydrogens is 482 g/mol. The smallest absolute Gasteiger partial charge is 0.172 e. The minimum atomic E-state index is 0.674. The average molecular weight is 509 g/mol. The van der Waals surface area contributed by atoms with Gasteiger partial charge in [-0.25, -0.2) is 4.98 Å². The van der Waals surface area contributed by atoms with Gasteiger partial charge in [-0.1, -0.05) is 29.8 Å². The Morgan fingerprint density at radius 2 is 2.07 bits per heavy atom. The van der Waals surface area contributed by atoms with E-state index in [1.165, 1.54) is 44.6 Å². The maximum absolute atomic E-state index is 6.43. The molecule has 30 heavy (non-hydrogen) atoms. The van der Waals surface area contributed by atoms with E-state index in [0.29, 0.717) is 10.9 Å². The van der Waals surface area contributed by atoms with Crippen molar-refractivity contribution in [2.24, 2.45) is 5.92 Å². The van der Waals surface area contributed by atoms with Gasteiger partial charge < -0.3 is 10.2 Å². The summed E-state index contributed by atoms with van der Waals surface area (Å²) in [6.07, 6.45) is 7.74. The summed E-state index contributed by atoms with van der Waals surface area (Å²) < 4.78 is 2.74. The van der Waals surface area contributed by atoms with Gasteiger partial charge in [-0.3, -0.25) is 0 Å². The monoisotopic (exact) mass is 507 g/mol. The lowest BCUT2D eigenvalue weighted by Crippen LogP contribution is -2.36. The number of hydrogen-bond donors (Lipinski definition) is 1. The summed E-state index contributed by atoms with van der Waals surface area (Å²) in [5.74, 6) is 2.88. The lowest BCUT2D eigenvalue weighted by molar-refractivity contribution is 0.190. The molecule has 3 aromatic rings. The molecule has 1 fully saturated rings. The fourth-order valence-corrected chi connectivity index (χ4v) is 4.96. The summed E-state index contributed by atoms with van der Waals surface area (Å²) in [5, 5.41) is 8.84. The Balaban J connectivity index is 1.46. The van der Waals surface area contributed by atoms with E-state index in [0.717, 1.165) is 33.7 Å². The van der Waals surface area contributed by atoms with Gasteiger partial charge in [0.1, 0.15) is 5.82 Å². The number of thioether (sulfide) groups is 1. The van der Waals surface area contributed by atoms with Crippen LogP contribution in [0.1, 0.15) is 19.3 Å². The lowest BCUT2D eigenvalue weighted by Gasteiger charge is -2.32. The molecule has 4 rings (SSSR count). The first-order valence-corrected chi connectivity index (χ1v) is 13.0. The number of hydrogen-bond acceptors (Lipinski definition) is 5. The predicted octanol–water partition coefficient (Wildman–Crippen LogP) is 5.69. The Bertz CT molecular complexity index is 987. The fraction of sp³-hybridized carbons (Fsp3) is 0.455. The molecule has 8 heteroatoms. The molecule has 1 aromatic carbocycles. The molecule has 1 aliphatic heterocycles. The third-order valence-electron chi connectivity index (χ3n) is 5.68. The van der Waals surface area contributed by atoms with Crippen molar-refractivity contribution in [2.75, 3.05) is 43.5 Å². The Morgan fingerprint density at radius 3 is 2.83 bits per heavy atom. The van der Waals surface area contributed by atoms with Crippen LogP contribution in [0.25, 0.3) is 16.9 Å². The Labute approximate surface area is 195 Å². The highest BCUT2D eigenvalue weighted by atomic mass is 79.9. The van der Waals surface area contributed by atoms with Crippen LogP contribution in [0.5, 0.6) is 0 Å². The zero-order valence-electron chi connectivity index (χ0n) is 17.2. The largest absolute Gasteiger partial charge is 0.370 e. The van der Waals surface area contributed by atoms with Crippen molar-refractivity contribution in [1.29, 1.82) is 0 Å². The molecule has 1 aliphatic rings. The van der Waals surface area contributed by atoms with Gasteiger partial charge in [0.25, 0.3) is 0 Å². The van der Waals surface area contributed by atoms with Crippen molar-refractivity contribution < 1.29 is 0 Å². The number of nitrogens with one attached hydrogen (secondary N) is 1. The van der Waals surface area contributed by atoms with E-state index < -0.39 is 0 Å². The van der Waals surface area contributed by atoms with Crippen molar-refractivity contribution in [3.05, 3.63) is 46.0 Å². The van der Waals surface area contributed by atoms with Crippen molar-refractivity contribution in [2.45, 2.75) is 19.3 Å². The van der Waals surface area contributed by atoms with Crippen LogP contribution in [0.4, 0.5) is 5.82 Å². The molecule has 1 saturated heterocycles. The Kier molecular flexibility index (Phi) is 7.57. The van der Waals surface area contributed by atoms with Gasteiger partial charge in [0.2, 0.25) is 0 Å². The van der Waals surface area contributed by atoms with Crippen LogP contribution in [0.15, 0.2) is 41.0 Å². The highest BCUT2D eigenvalue weighted by molar-refractivity contribution is 9.10. The molecule has 160 valence electrons. The number of likely N-dealkylation sites (tertiary alicyclic amines) is 1. The van der Waals surface area contributed by atoms with Crippen LogP contribution in [0.3, 0.4) is 0 Å². The minimum absolute atomic E-state index is 0.674. The van der Waals surface area contributed by atoms with Crippen molar-refractivity contribution >= 4 is 50.8 Å². The van der Waals surface area contributed by atoms with Gasteiger partial charge in [0.05, 0.1) is 16.4 Å². The number of halogens is 2. The summed E-state index contributed by atoms with van der Waals surface area (Å²) >= 11 is 11.9. The molecule has 0 unspecified atom stereocenters. The number of piperidine rings is 1. The molecular formula is C22H27BrClN5S. The first-order valence-electron chi connectivity index (χ1n) is 10.4. The van der Waals surface area contributed by atoms with Gasteiger partial charge in [-0.2, -0.15) is 21.4 Å². The van der Waals surface area contributed by atoms with Crippen LogP contribution < -0.4 is 5.32 Å². The summed E-state index contributed by atoms with van der Waals surface area (Å²) in [5.41, 5.74) is 2.57. The highest BCUT2D eigenvalue weighted by Crippen LogP contribution is 2.30. The molecule has 0 atom stereocenters. The lowest BCUT2D eigenvalue weighted by atomic mass is 9.96. The number of fused-ring (bicyclic) bond motifs is 1. The zero-order chi connectivity index (χ0) is 20.9. The maximum Gasteiger partial charge on any atom is 0.172 e. The third kappa shape index (κ3) is 5.13. The van der Waals surface area contributed by atoms with E-state index in [4.69, 9.17) is 16.6 Å². The molecule has 0 amide bonds. The topological polar surface area (TPSA) is 45.5 Å². The second-order valence-corrected chi connectivity index (χ2v) is 9.99. The van der Waals surface area contributed by atoms with Crippen molar-refractivity contribution in [1.82, 2.24) is 19.5 Å². The van der Waals surface area contributed by atoms with Crippen LogP contribution in [0, 0.1) is 5.92 Å². The molecule has 2 aromatic heterocycles.